The first-order chi connectivity index (χ1) is 5.81. The van der Waals surface area contributed by atoms with Gasteiger partial charge >= 0.3 is 0 Å². The van der Waals surface area contributed by atoms with Gasteiger partial charge in [0.1, 0.15) is 6.34 Å². The summed E-state index contributed by atoms with van der Waals surface area (Å²) < 4.78 is 0. The van der Waals surface area contributed by atoms with E-state index in [2.05, 4.69) is 20.6 Å². The van der Waals surface area contributed by atoms with Crippen molar-refractivity contribution >= 4 is 18.5 Å². The Kier molecular flexibility index (Phi) is 7.07. The lowest BCUT2D eigenvalue weighted by Gasteiger charge is -1.91. The lowest BCUT2D eigenvalue weighted by molar-refractivity contribution is -0.114. The third-order valence-corrected chi connectivity index (χ3v) is 0.941. The van der Waals surface area contributed by atoms with Crippen LogP contribution >= 0.6 is 0 Å². The second-order valence-corrected chi connectivity index (χ2v) is 1.98. The van der Waals surface area contributed by atoms with E-state index >= 15 is 0 Å². The minimum Gasteiger partial charge on any atom is -0.352 e. The predicted octanol–water partition coefficient (Wildman–Crippen LogP) is -0.601. The molecule has 5 heteroatoms. The summed E-state index contributed by atoms with van der Waals surface area (Å²) in [5.41, 5.74) is 0. The molecular weight excluding hydrogens is 156 g/mol. The minimum atomic E-state index is -0.201. The molecular formula is C7H14N4O. The van der Waals surface area contributed by atoms with Crippen LogP contribution in [0.5, 0.6) is 0 Å². The molecule has 0 aliphatic heterocycles. The molecule has 68 valence electrons. The lowest BCUT2D eigenvalue weighted by atomic mass is 10.6. The molecule has 0 spiro atoms. The maximum Gasteiger partial charge on any atom is 0.262 e. The summed E-state index contributed by atoms with van der Waals surface area (Å²) in [7, 11) is 1.78. The van der Waals surface area contributed by atoms with Gasteiger partial charge in [-0.25, -0.2) is 4.99 Å². The summed E-state index contributed by atoms with van der Waals surface area (Å²) in [4.78, 5) is 18.2. The zero-order valence-corrected chi connectivity index (χ0v) is 7.37. The van der Waals surface area contributed by atoms with Gasteiger partial charge < -0.3 is 10.6 Å². The number of carbonyl (C=O) groups is 1. The number of nitrogens with zero attached hydrogens (tertiary/aromatic N) is 2. The topological polar surface area (TPSA) is 65.8 Å². The van der Waals surface area contributed by atoms with Gasteiger partial charge in [-0.15, -0.1) is 0 Å². The highest BCUT2D eigenvalue weighted by atomic mass is 16.1. The third kappa shape index (κ3) is 6.88. The first-order valence-electron chi connectivity index (χ1n) is 3.75. The van der Waals surface area contributed by atoms with Crippen molar-refractivity contribution in [2.24, 2.45) is 9.98 Å². The average molecular weight is 170 g/mol. The first kappa shape index (κ1) is 10.8. The van der Waals surface area contributed by atoms with Crippen molar-refractivity contribution in [3.8, 4) is 0 Å². The fraction of sp³-hybridized carbons (Fsp3) is 0.571. The molecule has 0 aromatic heterocycles. The van der Waals surface area contributed by atoms with E-state index in [0.717, 1.165) is 0 Å². The van der Waals surface area contributed by atoms with Gasteiger partial charge in [-0.2, -0.15) is 0 Å². The van der Waals surface area contributed by atoms with Crippen LogP contribution in [0.1, 0.15) is 6.92 Å². The summed E-state index contributed by atoms with van der Waals surface area (Å²) in [6.07, 6.45) is 2.54. The molecule has 0 unspecified atom stereocenters. The predicted molar refractivity (Wildman–Crippen MR) is 49.6 cm³/mol. The molecule has 0 heterocycles. The van der Waals surface area contributed by atoms with Crippen LogP contribution in [0.2, 0.25) is 0 Å². The molecule has 5 nitrogen and oxygen atoms in total. The van der Waals surface area contributed by atoms with Crippen LogP contribution in [0, 0.1) is 0 Å². The molecule has 0 saturated carbocycles. The van der Waals surface area contributed by atoms with Crippen LogP contribution in [0.25, 0.3) is 0 Å². The van der Waals surface area contributed by atoms with Crippen molar-refractivity contribution in [1.29, 1.82) is 0 Å². The molecule has 0 aromatic carbocycles. The molecule has 0 radical (unpaired) electrons. The quantitative estimate of drug-likeness (QED) is 0.427. The SMILES string of the molecule is CCNC(=O)/C=N/C=N\CNC. The van der Waals surface area contributed by atoms with E-state index in [-0.39, 0.29) is 5.91 Å². The molecule has 2 N–H and O–H groups in total. The maximum absolute atomic E-state index is 10.7. The van der Waals surface area contributed by atoms with Gasteiger partial charge in [0.05, 0.1) is 12.9 Å². The van der Waals surface area contributed by atoms with Gasteiger partial charge in [-0.05, 0) is 14.0 Å². The van der Waals surface area contributed by atoms with Gasteiger partial charge in [0.2, 0.25) is 0 Å². The molecule has 0 aliphatic rings. The Balaban J connectivity index is 3.53. The van der Waals surface area contributed by atoms with E-state index in [4.69, 9.17) is 0 Å². The van der Waals surface area contributed by atoms with Crippen LogP contribution in [-0.4, -0.2) is 38.7 Å². The number of aliphatic imine (C=N–C) groups is 2. The van der Waals surface area contributed by atoms with Crippen molar-refractivity contribution in [3.63, 3.8) is 0 Å². The molecule has 0 aliphatic carbocycles. The maximum atomic E-state index is 10.7. The lowest BCUT2D eigenvalue weighted by Crippen LogP contribution is -2.23. The van der Waals surface area contributed by atoms with E-state index in [1.807, 2.05) is 6.92 Å². The van der Waals surface area contributed by atoms with Gasteiger partial charge in [-0.1, -0.05) is 0 Å². The molecule has 1 amide bonds. The van der Waals surface area contributed by atoms with Crippen LogP contribution < -0.4 is 10.6 Å². The second-order valence-electron chi connectivity index (χ2n) is 1.98. The largest absolute Gasteiger partial charge is 0.352 e. The Bertz CT molecular complexity index is 176. The van der Waals surface area contributed by atoms with Crippen molar-refractivity contribution in [3.05, 3.63) is 0 Å². The van der Waals surface area contributed by atoms with E-state index < -0.39 is 0 Å². The number of hydrogen-bond donors (Lipinski definition) is 2. The third-order valence-electron chi connectivity index (χ3n) is 0.941. The highest BCUT2D eigenvalue weighted by Crippen LogP contribution is 1.64. The molecule has 0 aromatic rings. The molecule has 0 rings (SSSR count). The van der Waals surface area contributed by atoms with Crippen molar-refractivity contribution < 1.29 is 4.79 Å². The Morgan fingerprint density at radius 2 is 2.33 bits per heavy atom. The van der Waals surface area contributed by atoms with Crippen LogP contribution in [0.15, 0.2) is 9.98 Å². The standard InChI is InChI=1S/C7H14N4O/c1-3-11-7(12)4-9-6-10-5-8-2/h4,6,8H,3,5H2,1-2H3,(H,11,12)/b9-4+,10-6-. The van der Waals surface area contributed by atoms with Crippen LogP contribution in [0.3, 0.4) is 0 Å². The Morgan fingerprint density at radius 3 is 2.92 bits per heavy atom. The van der Waals surface area contributed by atoms with E-state index in [0.29, 0.717) is 13.2 Å². The second kappa shape index (κ2) is 7.87. The Labute approximate surface area is 72.0 Å². The van der Waals surface area contributed by atoms with Crippen molar-refractivity contribution in [2.75, 3.05) is 20.3 Å². The van der Waals surface area contributed by atoms with Gasteiger partial charge in [-0.3, -0.25) is 9.79 Å². The number of nitrogens with one attached hydrogen (secondary N) is 2. The summed E-state index contributed by atoms with van der Waals surface area (Å²) >= 11 is 0. The van der Waals surface area contributed by atoms with Gasteiger partial charge in [0.15, 0.2) is 0 Å². The van der Waals surface area contributed by atoms with E-state index in [1.54, 1.807) is 7.05 Å². The Morgan fingerprint density at radius 1 is 1.58 bits per heavy atom. The zero-order chi connectivity index (χ0) is 9.23. The van der Waals surface area contributed by atoms with Crippen LogP contribution in [-0.2, 0) is 4.79 Å². The summed E-state index contributed by atoms with van der Waals surface area (Å²) in [5.74, 6) is -0.201. The highest BCUT2D eigenvalue weighted by molar-refractivity contribution is 6.27. The van der Waals surface area contributed by atoms with E-state index in [1.165, 1.54) is 12.6 Å². The van der Waals surface area contributed by atoms with Crippen molar-refractivity contribution in [2.45, 2.75) is 6.92 Å². The Hall–Kier alpha value is -1.23. The molecule has 0 bridgehead atoms. The summed E-state index contributed by atoms with van der Waals surface area (Å²) in [6, 6.07) is 0. The molecule has 0 atom stereocenters. The smallest absolute Gasteiger partial charge is 0.262 e. The first-order valence-corrected chi connectivity index (χ1v) is 3.75. The monoisotopic (exact) mass is 170 g/mol. The average Bonchev–Trinajstić information content (AvgIpc) is 2.05. The highest BCUT2D eigenvalue weighted by Gasteiger charge is 1.88. The van der Waals surface area contributed by atoms with Gasteiger partial charge in [0, 0.05) is 6.54 Å². The normalized spacial score (nSPS) is 11.2. The fourth-order valence-corrected chi connectivity index (χ4v) is 0.500. The number of rotatable bonds is 5. The molecule has 0 saturated heterocycles. The summed E-state index contributed by atoms with van der Waals surface area (Å²) in [5, 5.41) is 5.38. The fourth-order valence-electron chi connectivity index (χ4n) is 0.500. The van der Waals surface area contributed by atoms with Gasteiger partial charge in [0.25, 0.3) is 5.91 Å². The van der Waals surface area contributed by atoms with Crippen LogP contribution in [0.4, 0.5) is 0 Å². The summed E-state index contributed by atoms with van der Waals surface area (Å²) in [6.45, 7) is 2.96. The molecule has 12 heavy (non-hydrogen) atoms. The molecule has 0 fully saturated rings. The number of hydrogen-bond acceptors (Lipinski definition) is 3. The van der Waals surface area contributed by atoms with Crippen molar-refractivity contribution in [1.82, 2.24) is 10.6 Å². The minimum absolute atomic E-state index is 0.201. The number of amides is 1. The number of carbonyl (C=O) groups excluding carboxylic acids is 1. The van der Waals surface area contributed by atoms with E-state index in [9.17, 15) is 4.79 Å². The zero-order valence-electron chi connectivity index (χ0n) is 7.37.